The normalized spacial score (nSPS) is 17.9. The van der Waals surface area contributed by atoms with Crippen LogP contribution in [-0.4, -0.2) is 4.98 Å². The summed E-state index contributed by atoms with van der Waals surface area (Å²) in [6, 6.07) is 9.10. The summed E-state index contributed by atoms with van der Waals surface area (Å²) in [5.74, 6) is 0.781. The van der Waals surface area contributed by atoms with Crippen LogP contribution in [0.15, 0.2) is 36.0 Å². The van der Waals surface area contributed by atoms with Crippen molar-refractivity contribution in [3.63, 3.8) is 0 Å². The van der Waals surface area contributed by atoms with Crippen molar-refractivity contribution in [2.45, 2.75) is 32.6 Å². The molecular weight excluding hydrogens is 380 g/mol. The van der Waals surface area contributed by atoms with Gasteiger partial charge in [-0.15, -0.1) is 0 Å². The summed E-state index contributed by atoms with van der Waals surface area (Å²) in [6.07, 6.45) is 4.89. The number of hydrogen-bond acceptors (Lipinski definition) is 0. The van der Waals surface area contributed by atoms with Gasteiger partial charge in [0.1, 0.15) is 0 Å². The molecule has 4 heteroatoms. The molecule has 2 aromatic rings. The van der Waals surface area contributed by atoms with Gasteiger partial charge in [-0.05, 0) is 0 Å². The van der Waals surface area contributed by atoms with Crippen LogP contribution in [0, 0.1) is 13.8 Å². The Morgan fingerprint density at radius 3 is 2.52 bits per heavy atom. The Balaban J connectivity index is 0.000000807. The minimum absolute atomic E-state index is 0. The van der Waals surface area contributed by atoms with Crippen LogP contribution in [0.3, 0.4) is 0 Å². The van der Waals surface area contributed by atoms with E-state index in [4.69, 9.17) is 0 Å². The molecule has 0 spiro atoms. The van der Waals surface area contributed by atoms with Crippen molar-refractivity contribution >= 4 is 6.68 Å². The van der Waals surface area contributed by atoms with Gasteiger partial charge in [0.2, 0.25) is 0 Å². The number of aryl methyl sites for hydroxylation is 1. The van der Waals surface area contributed by atoms with E-state index in [1.54, 1.807) is 23.4 Å². The first-order valence-electron chi connectivity index (χ1n) is 6.99. The third-order valence-electron chi connectivity index (χ3n) is 4.70. The topological polar surface area (TPSA) is 15.8 Å². The smallest absolute Gasteiger partial charge is 1.00 e. The summed E-state index contributed by atoms with van der Waals surface area (Å²) in [4.78, 5) is 3.53. The van der Waals surface area contributed by atoms with Crippen molar-refractivity contribution in [2.24, 2.45) is 0 Å². The Kier molecular flexibility index (Phi) is 5.24. The number of aromatic nitrogens is 1. The van der Waals surface area contributed by atoms with Gasteiger partial charge in [0.15, 0.2) is 0 Å². The van der Waals surface area contributed by atoms with Gasteiger partial charge in [-0.2, -0.15) is 0 Å². The number of rotatable bonds is 2. The summed E-state index contributed by atoms with van der Waals surface area (Å²) in [6.45, 7) is 4.48. The van der Waals surface area contributed by atoms with E-state index in [2.05, 4.69) is 49.3 Å². The fraction of sp³-hybridized carbons (Fsp3) is 0.294. The SMILES string of the molecule is Cc1c[nH][c]([Zr+2][C]2=C3CCC3c3ccccc32)c1C.[Cl-].[Cl-]. The molecule has 21 heavy (non-hydrogen) atoms. The molecule has 0 bridgehead atoms. The van der Waals surface area contributed by atoms with Crippen LogP contribution in [0.25, 0.3) is 3.28 Å². The van der Waals surface area contributed by atoms with Crippen LogP contribution in [0.4, 0.5) is 0 Å². The maximum Gasteiger partial charge on any atom is -1.00 e. The van der Waals surface area contributed by atoms with E-state index in [1.165, 1.54) is 24.0 Å². The molecule has 1 aromatic carbocycles. The Hall–Kier alpha value is -0.297. The summed E-state index contributed by atoms with van der Waals surface area (Å²) >= 11 is -0.675. The van der Waals surface area contributed by atoms with E-state index < -0.39 is 23.2 Å². The summed E-state index contributed by atoms with van der Waals surface area (Å²) in [5, 5.41) is 0. The molecule has 1 nitrogen and oxygen atoms in total. The Bertz CT molecular complexity index is 703. The zero-order valence-corrected chi connectivity index (χ0v) is 16.1. The van der Waals surface area contributed by atoms with E-state index in [0.29, 0.717) is 0 Å². The molecule has 1 N–H and O–H groups in total. The van der Waals surface area contributed by atoms with E-state index in [9.17, 15) is 0 Å². The van der Waals surface area contributed by atoms with Crippen LogP contribution in [0.1, 0.15) is 41.0 Å². The first-order valence-corrected chi connectivity index (χ1v) is 9.45. The van der Waals surface area contributed by atoms with Crippen LogP contribution < -0.4 is 28.2 Å². The van der Waals surface area contributed by atoms with E-state index in [-0.39, 0.29) is 24.8 Å². The van der Waals surface area contributed by atoms with Gasteiger partial charge >= 0.3 is 126 Å². The van der Waals surface area contributed by atoms with Crippen molar-refractivity contribution < 1.29 is 48.0 Å². The average Bonchev–Trinajstić information content (AvgIpc) is 2.79. The van der Waals surface area contributed by atoms with Crippen LogP contribution >= 0.6 is 0 Å². The molecule has 1 atom stereocenters. The molecule has 0 amide bonds. The predicted octanol–water partition coefficient (Wildman–Crippen LogP) is -2.35. The van der Waals surface area contributed by atoms with E-state index in [0.717, 1.165) is 5.92 Å². The van der Waals surface area contributed by atoms with E-state index in [1.807, 2.05) is 0 Å². The van der Waals surface area contributed by atoms with Gasteiger partial charge < -0.3 is 24.8 Å². The maximum absolute atomic E-state index is 3.53. The van der Waals surface area contributed by atoms with Crippen molar-refractivity contribution in [2.75, 3.05) is 0 Å². The summed E-state index contributed by atoms with van der Waals surface area (Å²) < 4.78 is 3.33. The van der Waals surface area contributed by atoms with Gasteiger partial charge in [0.05, 0.1) is 0 Å². The molecule has 1 unspecified atom stereocenters. The average molecular weight is 397 g/mol. The molecule has 1 saturated carbocycles. The Labute approximate surface area is 150 Å². The zero-order chi connectivity index (χ0) is 13.0. The monoisotopic (exact) mass is 395 g/mol. The Morgan fingerprint density at radius 1 is 1.14 bits per heavy atom. The second-order valence-corrected chi connectivity index (χ2v) is 8.75. The first kappa shape index (κ1) is 17.1. The number of nitrogens with one attached hydrogen (secondary N) is 1. The van der Waals surface area contributed by atoms with Crippen LogP contribution in [0.2, 0.25) is 0 Å². The number of H-pyrrole nitrogens is 1. The molecule has 1 aromatic heterocycles. The minimum atomic E-state index is -0.675. The van der Waals surface area contributed by atoms with Crippen molar-refractivity contribution in [3.8, 4) is 0 Å². The minimum Gasteiger partial charge on any atom is -1.00 e. The second-order valence-electron chi connectivity index (χ2n) is 5.68. The second kappa shape index (κ2) is 6.44. The molecule has 108 valence electrons. The number of halogens is 2. The first-order chi connectivity index (χ1) is 9.25. The number of fused-ring (bicyclic) bond motifs is 3. The zero-order valence-electron chi connectivity index (χ0n) is 12.1. The third kappa shape index (κ3) is 2.60. The van der Waals surface area contributed by atoms with Gasteiger partial charge in [-0.1, -0.05) is 0 Å². The number of benzene rings is 1. The number of aromatic amines is 1. The number of allylic oxidation sites excluding steroid dienone is 1. The van der Waals surface area contributed by atoms with E-state index >= 15 is 0 Å². The molecule has 4 rings (SSSR count). The summed E-state index contributed by atoms with van der Waals surface area (Å²) in [5.41, 5.74) is 7.89. The van der Waals surface area contributed by atoms with Crippen molar-refractivity contribution in [1.82, 2.24) is 4.98 Å². The molecule has 0 saturated heterocycles. The predicted molar refractivity (Wildman–Crippen MR) is 75.2 cm³/mol. The van der Waals surface area contributed by atoms with Crippen molar-refractivity contribution in [3.05, 3.63) is 58.3 Å². The molecule has 2 aliphatic rings. The number of hydrogen-bond donors (Lipinski definition) is 1. The van der Waals surface area contributed by atoms with Gasteiger partial charge in [0, 0.05) is 0 Å². The third-order valence-corrected chi connectivity index (χ3v) is 8.66. The Morgan fingerprint density at radius 2 is 1.90 bits per heavy atom. The van der Waals surface area contributed by atoms with Gasteiger partial charge in [0.25, 0.3) is 0 Å². The van der Waals surface area contributed by atoms with Crippen LogP contribution in [-0.2, 0) is 23.2 Å². The fourth-order valence-corrected chi connectivity index (χ4v) is 7.21. The van der Waals surface area contributed by atoms with Gasteiger partial charge in [-0.3, -0.25) is 0 Å². The fourth-order valence-electron chi connectivity index (χ4n) is 3.27. The molecule has 1 heterocycles. The largest absolute Gasteiger partial charge is 1.00 e. The van der Waals surface area contributed by atoms with Crippen molar-refractivity contribution in [1.29, 1.82) is 0 Å². The molecule has 2 aliphatic carbocycles. The molecule has 0 radical (unpaired) electrons. The standard InChI is InChI=1S/C11H9.C6H8N.2ClH.Zr/c1-2-4-10-8(3-1)7-9-5-6-11(9)10;1-5-3-7-4-6(5)2;;;/h1-4,11H,5-6H2;3,7H,1-2H3;2*1H;/q;;;;+2/p-2. The summed E-state index contributed by atoms with van der Waals surface area (Å²) in [7, 11) is 0. The molecular formula is C17H17Cl2NZr. The molecule has 1 fully saturated rings. The molecule has 0 aliphatic heterocycles. The van der Waals surface area contributed by atoms with Gasteiger partial charge in [-0.25, -0.2) is 0 Å². The quantitative estimate of drug-likeness (QED) is 0.584. The maximum atomic E-state index is 3.53. The van der Waals surface area contributed by atoms with Crippen LogP contribution in [0.5, 0.6) is 0 Å².